The van der Waals surface area contributed by atoms with Gasteiger partial charge in [0.05, 0.1) is 13.7 Å². The van der Waals surface area contributed by atoms with E-state index in [4.69, 9.17) is 9.84 Å². The molecule has 0 saturated carbocycles. The van der Waals surface area contributed by atoms with E-state index in [-0.39, 0.29) is 12.4 Å². The Morgan fingerprint density at radius 1 is 1.40 bits per heavy atom. The maximum Gasteiger partial charge on any atom is 0.155 e. The molecule has 3 nitrogen and oxygen atoms in total. The second kappa shape index (κ2) is 9.32. The molecular weight excluding hydrogens is 252 g/mol. The predicted molar refractivity (Wildman–Crippen MR) is 80.9 cm³/mol. The molecule has 0 bridgehead atoms. The Morgan fingerprint density at radius 3 is 2.85 bits per heavy atom. The van der Waals surface area contributed by atoms with Gasteiger partial charge >= 0.3 is 0 Å². The number of unbranched alkanes of at least 4 members (excludes halogenated alkanes) is 2. The van der Waals surface area contributed by atoms with Crippen LogP contribution < -0.4 is 4.74 Å². The van der Waals surface area contributed by atoms with E-state index in [1.165, 1.54) is 0 Å². The second-order valence-corrected chi connectivity index (χ2v) is 4.82. The molecule has 0 unspecified atom stereocenters. The van der Waals surface area contributed by atoms with Gasteiger partial charge in [-0.15, -0.1) is 0 Å². The maximum absolute atomic E-state index is 11.7. The summed E-state index contributed by atoms with van der Waals surface area (Å²) >= 11 is 0. The van der Waals surface area contributed by atoms with E-state index >= 15 is 0 Å². The zero-order valence-electron chi connectivity index (χ0n) is 12.4. The van der Waals surface area contributed by atoms with E-state index in [1.807, 2.05) is 24.3 Å². The summed E-state index contributed by atoms with van der Waals surface area (Å²) in [6.07, 6.45) is 8.10. The summed E-state index contributed by atoms with van der Waals surface area (Å²) in [6, 6.07) is 5.66. The molecule has 1 rings (SSSR count). The van der Waals surface area contributed by atoms with Gasteiger partial charge in [0.2, 0.25) is 0 Å². The summed E-state index contributed by atoms with van der Waals surface area (Å²) in [6.45, 7) is 2.10. The fourth-order valence-corrected chi connectivity index (χ4v) is 1.96. The van der Waals surface area contributed by atoms with Gasteiger partial charge in [0.25, 0.3) is 0 Å². The molecule has 0 aliphatic heterocycles. The van der Waals surface area contributed by atoms with Crippen molar-refractivity contribution < 1.29 is 14.6 Å². The molecule has 0 radical (unpaired) electrons. The molecule has 0 amide bonds. The molecule has 0 saturated heterocycles. The molecule has 1 aromatic rings. The largest absolute Gasteiger partial charge is 0.496 e. The van der Waals surface area contributed by atoms with Crippen molar-refractivity contribution in [3.05, 3.63) is 41.5 Å². The van der Waals surface area contributed by atoms with Gasteiger partial charge in [-0.1, -0.05) is 38.0 Å². The van der Waals surface area contributed by atoms with Crippen LogP contribution in [0.2, 0.25) is 0 Å². The fraction of sp³-hybridized carbons (Fsp3) is 0.471. The molecule has 3 heteroatoms. The molecule has 1 N–H and O–H groups in total. The summed E-state index contributed by atoms with van der Waals surface area (Å²) in [5.41, 5.74) is 1.82. The average Bonchev–Trinajstić information content (AvgIpc) is 2.49. The molecule has 0 atom stereocenters. The number of rotatable bonds is 9. The van der Waals surface area contributed by atoms with Crippen LogP contribution in [0.15, 0.2) is 30.4 Å². The lowest BCUT2D eigenvalue weighted by atomic mass is 10.0. The normalized spacial score (nSPS) is 10.9. The highest BCUT2D eigenvalue weighted by atomic mass is 16.5. The van der Waals surface area contributed by atoms with Crippen LogP contribution in [0.1, 0.15) is 43.7 Å². The Kier molecular flexibility index (Phi) is 7.66. The van der Waals surface area contributed by atoms with E-state index in [2.05, 4.69) is 6.92 Å². The lowest BCUT2D eigenvalue weighted by Crippen LogP contribution is -1.98. The molecular formula is C17H24O3. The number of carbonyl (C=O) groups excluding carboxylic acids is 1. The van der Waals surface area contributed by atoms with Crippen molar-refractivity contribution >= 4 is 5.78 Å². The molecule has 0 heterocycles. The molecule has 20 heavy (non-hydrogen) atoms. The van der Waals surface area contributed by atoms with Crippen molar-refractivity contribution in [2.75, 3.05) is 7.11 Å². The topological polar surface area (TPSA) is 46.5 Å². The van der Waals surface area contributed by atoms with Gasteiger partial charge in [0.1, 0.15) is 5.75 Å². The number of ketones is 1. The van der Waals surface area contributed by atoms with E-state index in [0.29, 0.717) is 18.6 Å². The third-order valence-corrected chi connectivity index (χ3v) is 3.21. The second-order valence-electron chi connectivity index (χ2n) is 4.82. The summed E-state index contributed by atoms with van der Waals surface area (Å²) in [7, 11) is 1.58. The van der Waals surface area contributed by atoms with Crippen LogP contribution in [0.5, 0.6) is 5.75 Å². The van der Waals surface area contributed by atoms with Crippen molar-refractivity contribution in [3.63, 3.8) is 0 Å². The number of hydrogen-bond acceptors (Lipinski definition) is 3. The molecule has 0 fully saturated rings. The van der Waals surface area contributed by atoms with Gasteiger partial charge in [-0.2, -0.15) is 0 Å². The van der Waals surface area contributed by atoms with Gasteiger partial charge in [-0.05, 0) is 30.5 Å². The number of carbonyl (C=O) groups is 1. The van der Waals surface area contributed by atoms with Crippen LogP contribution in [-0.4, -0.2) is 18.0 Å². The predicted octanol–water partition coefficient (Wildman–Crippen LogP) is 3.44. The molecule has 0 spiro atoms. The zero-order chi connectivity index (χ0) is 14.8. The highest BCUT2D eigenvalue weighted by molar-refractivity contribution is 5.89. The number of hydrogen-bond donors (Lipinski definition) is 1. The summed E-state index contributed by atoms with van der Waals surface area (Å²) in [5, 5.41) is 9.16. The molecule has 110 valence electrons. The minimum Gasteiger partial charge on any atom is -0.496 e. The van der Waals surface area contributed by atoms with E-state index in [9.17, 15) is 4.79 Å². The van der Waals surface area contributed by atoms with Crippen LogP contribution in [0.4, 0.5) is 0 Å². The fourth-order valence-electron chi connectivity index (χ4n) is 1.96. The quantitative estimate of drug-likeness (QED) is 0.555. The number of methoxy groups -OCH3 is 1. The number of benzene rings is 1. The SMILES string of the molecule is CCCC/C=C/C(=O)CCc1ccc(CO)c(OC)c1. The smallest absolute Gasteiger partial charge is 0.155 e. The minimum atomic E-state index is -0.0391. The van der Waals surface area contributed by atoms with Gasteiger partial charge in [0, 0.05) is 12.0 Å². The van der Waals surface area contributed by atoms with Gasteiger partial charge in [-0.25, -0.2) is 0 Å². The number of ether oxygens (including phenoxy) is 1. The van der Waals surface area contributed by atoms with Gasteiger partial charge in [-0.3, -0.25) is 4.79 Å². The van der Waals surface area contributed by atoms with Crippen molar-refractivity contribution in [1.82, 2.24) is 0 Å². The molecule has 0 aromatic heterocycles. The lowest BCUT2D eigenvalue weighted by molar-refractivity contribution is -0.114. The summed E-state index contributed by atoms with van der Waals surface area (Å²) in [5.74, 6) is 0.835. The Morgan fingerprint density at radius 2 is 2.20 bits per heavy atom. The molecule has 0 aliphatic rings. The van der Waals surface area contributed by atoms with Gasteiger partial charge in [0.15, 0.2) is 5.78 Å². The Balaban J connectivity index is 2.49. The van der Waals surface area contributed by atoms with Crippen LogP contribution in [0, 0.1) is 0 Å². The van der Waals surface area contributed by atoms with Crippen LogP contribution in [0.3, 0.4) is 0 Å². The summed E-state index contributed by atoms with van der Waals surface area (Å²) < 4.78 is 5.22. The Hall–Kier alpha value is -1.61. The molecule has 1 aromatic carbocycles. The van der Waals surface area contributed by atoms with Crippen LogP contribution in [0.25, 0.3) is 0 Å². The van der Waals surface area contributed by atoms with Crippen molar-refractivity contribution in [2.24, 2.45) is 0 Å². The first-order chi connectivity index (χ1) is 9.71. The Labute approximate surface area is 121 Å². The Bertz CT molecular complexity index is 450. The van der Waals surface area contributed by atoms with Crippen molar-refractivity contribution in [3.8, 4) is 5.75 Å². The van der Waals surface area contributed by atoms with Crippen LogP contribution in [-0.2, 0) is 17.8 Å². The summed E-state index contributed by atoms with van der Waals surface area (Å²) in [4.78, 5) is 11.7. The monoisotopic (exact) mass is 276 g/mol. The van der Waals surface area contributed by atoms with E-state index in [0.717, 1.165) is 30.4 Å². The number of aryl methyl sites for hydroxylation is 1. The number of aliphatic hydroxyl groups excluding tert-OH is 1. The first-order valence-electron chi connectivity index (χ1n) is 7.17. The first kappa shape index (κ1) is 16.4. The van der Waals surface area contributed by atoms with E-state index < -0.39 is 0 Å². The zero-order valence-corrected chi connectivity index (χ0v) is 12.4. The van der Waals surface area contributed by atoms with Crippen LogP contribution >= 0.6 is 0 Å². The number of aliphatic hydroxyl groups is 1. The average molecular weight is 276 g/mol. The maximum atomic E-state index is 11.7. The van der Waals surface area contributed by atoms with Gasteiger partial charge < -0.3 is 9.84 Å². The third kappa shape index (κ3) is 5.57. The highest BCUT2D eigenvalue weighted by Crippen LogP contribution is 2.21. The number of allylic oxidation sites excluding steroid dienone is 2. The standard InChI is InChI=1S/C17H24O3/c1-3-4-5-6-7-16(19)11-9-14-8-10-15(13-18)17(12-14)20-2/h6-8,10,12,18H,3-5,9,11,13H2,1-2H3/b7-6+. The van der Waals surface area contributed by atoms with Crippen molar-refractivity contribution in [2.45, 2.75) is 45.6 Å². The third-order valence-electron chi connectivity index (χ3n) is 3.21. The molecule has 0 aliphatic carbocycles. The lowest BCUT2D eigenvalue weighted by Gasteiger charge is -2.08. The highest BCUT2D eigenvalue weighted by Gasteiger charge is 2.05. The minimum absolute atomic E-state index is 0.0391. The van der Waals surface area contributed by atoms with E-state index in [1.54, 1.807) is 13.2 Å². The van der Waals surface area contributed by atoms with Crippen molar-refractivity contribution in [1.29, 1.82) is 0 Å². The first-order valence-corrected chi connectivity index (χ1v) is 7.17.